The fourth-order valence-electron chi connectivity index (χ4n) is 2.21. The van der Waals surface area contributed by atoms with Crippen molar-refractivity contribution in [2.45, 2.75) is 13.8 Å². The number of ether oxygens (including phenoxy) is 4. The number of methoxy groups -OCH3 is 2. The van der Waals surface area contributed by atoms with Gasteiger partial charge in [0.1, 0.15) is 0 Å². The van der Waals surface area contributed by atoms with Crippen LogP contribution in [0.4, 0.5) is 0 Å². The second-order valence-corrected chi connectivity index (χ2v) is 6.11. The molecule has 0 radical (unpaired) electrons. The van der Waals surface area contributed by atoms with Crippen molar-refractivity contribution in [1.29, 1.82) is 0 Å². The minimum absolute atomic E-state index is 0.103. The van der Waals surface area contributed by atoms with Crippen LogP contribution in [0.3, 0.4) is 0 Å². The number of carbonyl (C=O) groups is 2. The van der Waals surface area contributed by atoms with Crippen LogP contribution in [0, 0.1) is 0 Å². The van der Waals surface area contributed by atoms with E-state index in [4.69, 9.17) is 25.8 Å². The summed E-state index contributed by atoms with van der Waals surface area (Å²) in [5.41, 5.74) is -2.40. The molecule has 0 saturated heterocycles. The van der Waals surface area contributed by atoms with Crippen molar-refractivity contribution < 1.29 is 28.5 Å². The maximum Gasteiger partial charge on any atom is 0.361 e. The highest BCUT2D eigenvalue weighted by Gasteiger charge is 2.22. The summed E-state index contributed by atoms with van der Waals surface area (Å²) in [5.74, 6) is -1.95. The molecule has 13 nitrogen and oxygen atoms in total. The van der Waals surface area contributed by atoms with Crippen molar-refractivity contribution in [2.75, 3.05) is 27.4 Å². The van der Waals surface area contributed by atoms with Crippen LogP contribution in [0.15, 0.2) is 14.4 Å². The van der Waals surface area contributed by atoms with Crippen LogP contribution in [0.25, 0.3) is 0 Å². The van der Waals surface area contributed by atoms with Gasteiger partial charge in [0.15, 0.2) is 11.4 Å². The van der Waals surface area contributed by atoms with E-state index in [1.54, 1.807) is 13.8 Å². The quantitative estimate of drug-likeness (QED) is 0.441. The average Bonchev–Trinajstić information content (AvgIpc) is 2.76. The zero-order chi connectivity index (χ0) is 24.6. The Morgan fingerprint density at radius 3 is 1.91 bits per heavy atom. The minimum Gasteiger partial charge on any atom is -0.489 e. The van der Waals surface area contributed by atoms with Crippen LogP contribution in [0.1, 0.15) is 34.8 Å². The van der Waals surface area contributed by atoms with Crippen LogP contribution >= 0.6 is 11.6 Å². The van der Waals surface area contributed by atoms with Gasteiger partial charge in [-0.25, -0.2) is 19.4 Å². The summed E-state index contributed by atoms with van der Waals surface area (Å²) >= 11 is 5.68. The zero-order valence-electron chi connectivity index (χ0n) is 18.3. The second-order valence-electron chi connectivity index (χ2n) is 5.77. The lowest BCUT2D eigenvalue weighted by Crippen LogP contribution is -2.35. The average molecular weight is 475 g/mol. The molecule has 2 rings (SSSR count). The number of aromatic amines is 1. The van der Waals surface area contributed by atoms with Crippen molar-refractivity contribution in [3.05, 3.63) is 47.9 Å². The Bertz CT molecular complexity index is 1170. The third kappa shape index (κ3) is 5.75. The number of nitrogens with zero attached hydrogens (tertiary/aromatic N) is 3. The number of esters is 2. The van der Waals surface area contributed by atoms with E-state index < -0.39 is 28.7 Å². The Morgan fingerprint density at radius 1 is 0.906 bits per heavy atom. The lowest BCUT2D eigenvalue weighted by Gasteiger charge is -2.08. The lowest BCUT2D eigenvalue weighted by atomic mass is 10.3. The molecule has 0 atom stereocenters. The lowest BCUT2D eigenvalue weighted by molar-refractivity contribution is 0.0504. The minimum atomic E-state index is -0.797. The normalized spacial score (nSPS) is 9.97. The van der Waals surface area contributed by atoms with Crippen molar-refractivity contribution in [3.8, 4) is 11.5 Å². The molecule has 0 bridgehead atoms. The molecule has 0 aliphatic heterocycles. The summed E-state index contributed by atoms with van der Waals surface area (Å²) in [4.78, 5) is 63.4. The third-order valence-corrected chi connectivity index (χ3v) is 4.15. The molecule has 0 aliphatic carbocycles. The van der Waals surface area contributed by atoms with E-state index in [2.05, 4.69) is 14.7 Å². The van der Waals surface area contributed by atoms with Gasteiger partial charge >= 0.3 is 17.6 Å². The van der Waals surface area contributed by atoms with Gasteiger partial charge in [0.05, 0.1) is 27.4 Å². The van der Waals surface area contributed by atoms with Gasteiger partial charge in [-0.1, -0.05) is 0 Å². The van der Waals surface area contributed by atoms with Crippen molar-refractivity contribution in [2.24, 2.45) is 14.1 Å². The topological polar surface area (TPSA) is 161 Å². The molecule has 32 heavy (non-hydrogen) atoms. The molecule has 0 saturated carbocycles. The van der Waals surface area contributed by atoms with E-state index in [9.17, 15) is 24.0 Å². The van der Waals surface area contributed by atoms with E-state index in [0.717, 1.165) is 9.13 Å². The molecular weight excluding hydrogens is 452 g/mol. The first-order valence-electron chi connectivity index (χ1n) is 9.07. The molecule has 0 amide bonds. The van der Waals surface area contributed by atoms with Crippen LogP contribution in [0.2, 0.25) is 5.28 Å². The molecule has 0 spiro atoms. The highest BCUT2D eigenvalue weighted by atomic mass is 35.5. The summed E-state index contributed by atoms with van der Waals surface area (Å²) in [5, 5.41) is -0.103. The Labute approximate surface area is 186 Å². The van der Waals surface area contributed by atoms with Gasteiger partial charge < -0.3 is 18.9 Å². The predicted octanol–water partition coefficient (Wildman–Crippen LogP) is -0.122. The maximum absolute atomic E-state index is 11.7. The molecule has 2 heterocycles. The fraction of sp³-hybridized carbons (Fsp3) is 0.444. The first-order valence-corrected chi connectivity index (χ1v) is 9.45. The standard InChI is InChI=1S/C9H11ClN2O4.C9H12N2O5/c1-4-16-8(14)5-6(15-3)7(13)12(2)9(10)11-5;1-4-16-8(13)5-6(15-3)7(12)11(2)9(14)10-5/h4H2,1-3H3;4H2,1-3H3,(H,10,14). The van der Waals surface area contributed by atoms with Crippen molar-refractivity contribution >= 4 is 23.5 Å². The van der Waals surface area contributed by atoms with E-state index in [1.165, 1.54) is 28.3 Å². The first-order chi connectivity index (χ1) is 15.0. The van der Waals surface area contributed by atoms with Crippen LogP contribution in [-0.2, 0) is 23.6 Å². The number of hydrogen-bond acceptors (Lipinski definition) is 10. The van der Waals surface area contributed by atoms with Gasteiger partial charge in [0, 0.05) is 14.1 Å². The summed E-state index contributed by atoms with van der Waals surface area (Å²) < 4.78 is 20.9. The number of aromatic nitrogens is 4. The summed E-state index contributed by atoms with van der Waals surface area (Å²) in [6, 6.07) is 0. The van der Waals surface area contributed by atoms with Gasteiger partial charge in [0.25, 0.3) is 11.1 Å². The van der Waals surface area contributed by atoms with Crippen LogP contribution in [-0.4, -0.2) is 58.5 Å². The van der Waals surface area contributed by atoms with Gasteiger partial charge in [-0.05, 0) is 25.4 Å². The Kier molecular flexibility index (Phi) is 9.66. The number of H-pyrrole nitrogens is 1. The van der Waals surface area contributed by atoms with E-state index in [-0.39, 0.29) is 41.4 Å². The van der Waals surface area contributed by atoms with Gasteiger partial charge in [-0.3, -0.25) is 23.7 Å². The maximum atomic E-state index is 11.7. The highest BCUT2D eigenvalue weighted by Crippen LogP contribution is 2.14. The highest BCUT2D eigenvalue weighted by molar-refractivity contribution is 6.28. The second kappa shape index (κ2) is 11.7. The number of halogens is 1. The van der Waals surface area contributed by atoms with Gasteiger partial charge in [-0.15, -0.1) is 0 Å². The summed E-state index contributed by atoms with van der Waals surface area (Å²) in [6.07, 6.45) is 0. The smallest absolute Gasteiger partial charge is 0.361 e. The number of hydrogen-bond donors (Lipinski definition) is 1. The Morgan fingerprint density at radius 2 is 1.41 bits per heavy atom. The summed E-state index contributed by atoms with van der Waals surface area (Å²) in [7, 11) is 5.21. The molecule has 0 aliphatic rings. The zero-order valence-corrected chi connectivity index (χ0v) is 19.1. The number of carbonyl (C=O) groups excluding carboxylic acids is 2. The van der Waals surface area contributed by atoms with Crippen LogP contribution < -0.4 is 26.3 Å². The first kappa shape index (κ1) is 26.4. The Hall–Kier alpha value is -3.61. The molecule has 2 aromatic heterocycles. The Balaban J connectivity index is 0.000000320. The van der Waals surface area contributed by atoms with E-state index in [1.807, 2.05) is 0 Å². The van der Waals surface area contributed by atoms with E-state index >= 15 is 0 Å². The molecule has 0 aromatic carbocycles. The number of nitrogens with one attached hydrogen (secondary N) is 1. The van der Waals surface area contributed by atoms with Gasteiger partial charge in [-0.2, -0.15) is 0 Å². The monoisotopic (exact) mass is 474 g/mol. The largest absolute Gasteiger partial charge is 0.489 e. The molecular formula is C18H23ClN4O9. The van der Waals surface area contributed by atoms with E-state index in [0.29, 0.717) is 0 Å². The molecule has 0 fully saturated rings. The predicted molar refractivity (Wildman–Crippen MR) is 112 cm³/mol. The molecule has 14 heteroatoms. The fourth-order valence-corrected chi connectivity index (χ4v) is 2.37. The molecule has 2 aromatic rings. The molecule has 1 N–H and O–H groups in total. The van der Waals surface area contributed by atoms with Crippen molar-refractivity contribution in [1.82, 2.24) is 19.1 Å². The van der Waals surface area contributed by atoms with Gasteiger partial charge in [0.2, 0.25) is 16.8 Å². The summed E-state index contributed by atoms with van der Waals surface area (Å²) in [6.45, 7) is 3.58. The SMILES string of the molecule is CCOC(=O)c1[nH]c(=O)n(C)c(=O)c1OC.CCOC(=O)c1nc(Cl)n(C)c(=O)c1OC. The molecule has 176 valence electrons. The number of rotatable bonds is 6. The van der Waals surface area contributed by atoms with Crippen molar-refractivity contribution in [3.63, 3.8) is 0 Å². The third-order valence-electron chi connectivity index (χ3n) is 3.81. The van der Waals surface area contributed by atoms with Crippen LogP contribution in [0.5, 0.6) is 11.5 Å². The molecule has 0 unspecified atom stereocenters.